The summed E-state index contributed by atoms with van der Waals surface area (Å²) >= 11 is 0. The van der Waals surface area contributed by atoms with Gasteiger partial charge in [-0.05, 0) is 12.8 Å². The molecule has 0 spiro atoms. The first-order valence-electron chi connectivity index (χ1n) is 4.72. The molecule has 0 heterocycles. The minimum Gasteiger partial charge on any atom is -0.542 e. The third-order valence-corrected chi connectivity index (χ3v) is 1.87. The van der Waals surface area contributed by atoms with E-state index in [-0.39, 0.29) is 32.5 Å². The van der Waals surface area contributed by atoms with E-state index < -0.39 is 0 Å². The quantitative estimate of drug-likeness (QED) is 0.502. The Hall–Kier alpha value is -0.0777. The second-order valence-corrected chi connectivity index (χ2v) is 3.02. The van der Waals surface area contributed by atoms with E-state index >= 15 is 0 Å². The molecule has 0 radical (unpaired) electrons. The molecule has 1 aliphatic carbocycles. The first kappa shape index (κ1) is 20.3. The van der Waals surface area contributed by atoms with Gasteiger partial charge in [0.15, 0.2) is 0 Å². The van der Waals surface area contributed by atoms with Gasteiger partial charge < -0.3 is 21.1 Å². The fourth-order valence-electron chi connectivity index (χ4n) is 1.19. The molecule has 2 atom stereocenters. The maximum atomic E-state index is 8.68. The molecule has 2 unspecified atom stereocenters. The van der Waals surface area contributed by atoms with Crippen LogP contribution >= 0.6 is 0 Å². The molecule has 5 heteroatoms. The largest absolute Gasteiger partial charge is 2.00 e. The van der Waals surface area contributed by atoms with Gasteiger partial charge in [0.1, 0.15) is 0 Å². The van der Waals surface area contributed by atoms with Gasteiger partial charge in [-0.1, -0.05) is 12.8 Å². The van der Waals surface area contributed by atoms with Gasteiger partial charge in [-0.2, -0.15) is 13.8 Å². The van der Waals surface area contributed by atoms with Crippen LogP contribution in [0.4, 0.5) is 0 Å². The molecule has 0 aromatic carbocycles. The van der Waals surface area contributed by atoms with Gasteiger partial charge in [0.25, 0.3) is 0 Å². The topological polar surface area (TPSA) is 86.2 Å². The third kappa shape index (κ3) is 16.6. The van der Waals surface area contributed by atoms with Crippen LogP contribution in [0.15, 0.2) is 0 Å². The molecule has 4 N–H and O–H groups in total. The second kappa shape index (κ2) is 16.4. The zero-order chi connectivity index (χ0) is 11.4. The Morgan fingerprint density at radius 2 is 1.13 bits per heavy atom. The average Bonchev–Trinajstić information content (AvgIpc) is 2.13. The molecule has 1 rings (SSSR count). The fourth-order valence-corrected chi connectivity index (χ4v) is 1.19. The summed E-state index contributed by atoms with van der Waals surface area (Å²) in [7, 11) is 0. The van der Waals surface area contributed by atoms with Gasteiger partial charge in [-0.15, -0.1) is 0 Å². The van der Waals surface area contributed by atoms with Gasteiger partial charge in [0.2, 0.25) is 0 Å². The van der Waals surface area contributed by atoms with Gasteiger partial charge in [-0.25, -0.2) is 0 Å². The second-order valence-electron chi connectivity index (χ2n) is 3.02. The summed E-state index contributed by atoms with van der Waals surface area (Å²) in [6, 6.07) is 0.562. The fraction of sp³-hybridized carbons (Fsp3) is 0.800. The van der Waals surface area contributed by atoms with Crippen molar-refractivity contribution in [2.45, 2.75) is 51.6 Å². The van der Waals surface area contributed by atoms with Crippen molar-refractivity contribution in [3.8, 4) is 0 Å². The number of carbonyl (C=O) groups excluding carboxylic acids is 2. The van der Waals surface area contributed by atoms with Crippen molar-refractivity contribution in [1.82, 2.24) is 0 Å². The Morgan fingerprint density at radius 1 is 0.933 bits per heavy atom. The summed E-state index contributed by atoms with van der Waals surface area (Å²) in [6.07, 6.45) is 7.80. The maximum Gasteiger partial charge on any atom is 2.00 e. The number of hydrogen-bond acceptors (Lipinski definition) is 4. The van der Waals surface area contributed by atoms with Crippen LogP contribution in [0, 0.1) is 0 Å². The molecule has 15 heavy (non-hydrogen) atoms. The Balaban J connectivity index is -0.000000177. The van der Waals surface area contributed by atoms with Crippen LogP contribution in [-0.2, 0) is 30.0 Å². The smallest absolute Gasteiger partial charge is 0.542 e. The van der Waals surface area contributed by atoms with Crippen molar-refractivity contribution < 1.29 is 30.0 Å². The van der Waals surface area contributed by atoms with Gasteiger partial charge in [0, 0.05) is 12.1 Å². The summed E-state index contributed by atoms with van der Waals surface area (Å²) in [5.41, 5.74) is 11.3. The van der Waals surface area contributed by atoms with Crippen LogP contribution < -0.4 is 11.5 Å². The molecule has 1 aliphatic rings. The Kier molecular flexibility index (Phi) is 22.2. The van der Waals surface area contributed by atoms with E-state index in [1.807, 2.05) is 0 Å². The summed E-state index contributed by atoms with van der Waals surface area (Å²) in [5.74, 6) is 0. The standard InChI is InChI=1S/C6H14N2.2C2H3O.Pd/c7-5-3-1-2-4-6(5)8;2*1-2-3;/h5-6H,1-4,7-8H2;2*1H3;/q;2*-1;+2. The molecule has 0 amide bonds. The van der Waals surface area contributed by atoms with E-state index in [1.54, 1.807) is 0 Å². The first-order valence-corrected chi connectivity index (χ1v) is 4.72. The Morgan fingerprint density at radius 3 is 1.27 bits per heavy atom. The Labute approximate surface area is 106 Å². The van der Waals surface area contributed by atoms with E-state index in [0.29, 0.717) is 0 Å². The van der Waals surface area contributed by atoms with Gasteiger partial charge in [-0.3, -0.25) is 12.6 Å². The molecular weight excluding hydrogens is 287 g/mol. The number of nitrogens with two attached hydrogens (primary N) is 2. The molecule has 0 aromatic rings. The molecule has 0 bridgehead atoms. The van der Waals surface area contributed by atoms with Crippen molar-refractivity contribution in [3.63, 3.8) is 0 Å². The van der Waals surface area contributed by atoms with E-state index in [0.717, 1.165) is 12.8 Å². The normalized spacial score (nSPS) is 22.9. The Bertz CT molecular complexity index is 129. The van der Waals surface area contributed by atoms with Crippen molar-refractivity contribution in [1.29, 1.82) is 0 Å². The summed E-state index contributed by atoms with van der Waals surface area (Å²) in [6.45, 7) is 2.64. The zero-order valence-electron chi connectivity index (χ0n) is 9.27. The first-order chi connectivity index (χ1) is 6.63. The van der Waals surface area contributed by atoms with E-state index in [9.17, 15) is 0 Å². The molecule has 1 saturated carbocycles. The zero-order valence-corrected chi connectivity index (χ0v) is 10.8. The monoisotopic (exact) mass is 306 g/mol. The van der Waals surface area contributed by atoms with Crippen molar-refractivity contribution in [2.75, 3.05) is 0 Å². The van der Waals surface area contributed by atoms with Gasteiger partial charge in [0.05, 0.1) is 0 Å². The molecule has 92 valence electrons. The third-order valence-electron chi connectivity index (χ3n) is 1.87. The molecule has 0 aromatic heterocycles. The van der Waals surface area contributed by atoms with Crippen molar-refractivity contribution in [2.24, 2.45) is 11.5 Å². The molecular formula is C10H20N2O2Pd. The van der Waals surface area contributed by atoms with E-state index in [2.05, 4.69) is 0 Å². The van der Waals surface area contributed by atoms with Crippen LogP contribution in [0.2, 0.25) is 0 Å². The molecule has 4 nitrogen and oxygen atoms in total. The predicted octanol–water partition coefficient (Wildman–Crippen LogP) is 0.445. The minimum absolute atomic E-state index is 0. The van der Waals surface area contributed by atoms with Crippen LogP contribution in [0.5, 0.6) is 0 Å². The SMILES string of the molecule is C[C-]=O.C[C-]=O.NC1CCCCC1N.[Pd+2]. The van der Waals surface area contributed by atoms with Crippen molar-refractivity contribution in [3.05, 3.63) is 0 Å². The average molecular weight is 307 g/mol. The van der Waals surface area contributed by atoms with Crippen LogP contribution in [0.25, 0.3) is 0 Å². The predicted molar refractivity (Wildman–Crippen MR) is 57.2 cm³/mol. The summed E-state index contributed by atoms with van der Waals surface area (Å²) < 4.78 is 0. The van der Waals surface area contributed by atoms with Gasteiger partial charge >= 0.3 is 20.4 Å². The maximum absolute atomic E-state index is 8.68. The minimum atomic E-state index is 0. The van der Waals surface area contributed by atoms with Crippen LogP contribution in [0.1, 0.15) is 39.5 Å². The summed E-state index contributed by atoms with van der Waals surface area (Å²) in [5, 5.41) is 0. The summed E-state index contributed by atoms with van der Waals surface area (Å²) in [4.78, 5) is 17.4. The van der Waals surface area contributed by atoms with E-state index in [1.165, 1.54) is 39.3 Å². The molecule has 1 fully saturated rings. The van der Waals surface area contributed by atoms with Crippen LogP contribution in [0.3, 0.4) is 0 Å². The number of rotatable bonds is 0. The van der Waals surface area contributed by atoms with Crippen molar-refractivity contribution >= 4 is 12.6 Å². The van der Waals surface area contributed by atoms with E-state index in [4.69, 9.17) is 21.1 Å². The van der Waals surface area contributed by atoms with Crippen LogP contribution in [-0.4, -0.2) is 24.7 Å². The molecule has 0 aliphatic heterocycles. The number of hydrogen-bond donors (Lipinski definition) is 2. The molecule has 0 saturated heterocycles.